The van der Waals surface area contributed by atoms with E-state index in [1.807, 2.05) is 19.1 Å². The minimum absolute atomic E-state index is 0.0163. The summed E-state index contributed by atoms with van der Waals surface area (Å²) in [7, 11) is 0. The van der Waals surface area contributed by atoms with Gasteiger partial charge >= 0.3 is 0 Å². The molecule has 37 heavy (non-hydrogen) atoms. The Kier molecular flexibility index (Phi) is 6.05. The van der Waals surface area contributed by atoms with Crippen molar-refractivity contribution in [3.05, 3.63) is 59.9 Å². The molecule has 0 saturated carbocycles. The molecule has 11 heteroatoms. The molecule has 0 radical (unpaired) electrons. The Bertz CT molecular complexity index is 1450. The molecule has 2 fully saturated rings. The number of nitrogens with one attached hydrogen (secondary N) is 3. The van der Waals surface area contributed by atoms with Gasteiger partial charge in [-0.2, -0.15) is 0 Å². The first kappa shape index (κ1) is 23.2. The van der Waals surface area contributed by atoms with Crippen LogP contribution < -0.4 is 20.3 Å². The number of anilines is 3. The third kappa shape index (κ3) is 4.53. The predicted octanol–water partition coefficient (Wildman–Crippen LogP) is 3.59. The monoisotopic (exact) mass is 502 g/mol. The summed E-state index contributed by atoms with van der Waals surface area (Å²) in [4.78, 5) is 33.5. The standard InChI is InChI=1S/C26H27FN8O2/c1-16-13-18-19(32-16)4-5-20(23(18)27)37-25-22(26(36)35-9-2-10-35)24(30-15-31-25)33-21-6-3-17(14-29-21)34-11-7-28-8-12-34/h3-6,13-15,28,32H,2,7-12H2,1H3,(H,29,30,31,33). The van der Waals surface area contributed by atoms with E-state index in [9.17, 15) is 4.79 Å². The number of nitrogens with zero attached hydrogens (tertiary/aromatic N) is 5. The lowest BCUT2D eigenvalue weighted by Gasteiger charge is -2.31. The lowest BCUT2D eigenvalue weighted by atomic mass is 10.1. The van der Waals surface area contributed by atoms with Gasteiger partial charge in [0.05, 0.1) is 11.9 Å². The smallest absolute Gasteiger partial charge is 0.263 e. The number of hydrogen-bond donors (Lipinski definition) is 3. The predicted molar refractivity (Wildman–Crippen MR) is 138 cm³/mol. The summed E-state index contributed by atoms with van der Waals surface area (Å²) in [5.41, 5.74) is 2.67. The van der Waals surface area contributed by atoms with Gasteiger partial charge in [0, 0.05) is 55.9 Å². The molecule has 0 unspecified atom stereocenters. The first-order chi connectivity index (χ1) is 18.1. The number of rotatable bonds is 6. The molecular weight excluding hydrogens is 475 g/mol. The number of likely N-dealkylation sites (tertiary alicyclic amines) is 1. The molecule has 3 N–H and O–H groups in total. The Morgan fingerprint density at radius 1 is 1.08 bits per heavy atom. The zero-order chi connectivity index (χ0) is 25.4. The van der Waals surface area contributed by atoms with Gasteiger partial charge in [-0.05, 0) is 43.7 Å². The molecule has 1 amide bonds. The fourth-order valence-corrected chi connectivity index (χ4v) is 4.57. The molecule has 3 aromatic heterocycles. The molecule has 0 spiro atoms. The number of carbonyl (C=O) groups excluding carboxylic acids is 1. The van der Waals surface area contributed by atoms with Gasteiger partial charge in [-0.3, -0.25) is 4.79 Å². The SMILES string of the molecule is Cc1cc2c(F)c(Oc3ncnc(Nc4ccc(N5CCNCC5)cn4)c3C(=O)N3CCC3)ccc2[nH]1. The molecule has 10 nitrogen and oxygen atoms in total. The number of aromatic amines is 1. The van der Waals surface area contributed by atoms with Crippen LogP contribution in [0.15, 0.2) is 42.9 Å². The summed E-state index contributed by atoms with van der Waals surface area (Å²) in [5.74, 6) is -0.0622. The molecule has 0 atom stereocenters. The number of ether oxygens (including phenoxy) is 1. The van der Waals surface area contributed by atoms with Crippen LogP contribution in [0.4, 0.5) is 21.7 Å². The highest BCUT2D eigenvalue weighted by atomic mass is 19.1. The number of H-pyrrole nitrogens is 1. The van der Waals surface area contributed by atoms with Gasteiger partial charge < -0.3 is 30.2 Å². The molecule has 0 aliphatic carbocycles. The molecule has 5 heterocycles. The number of fused-ring (bicyclic) bond motifs is 1. The molecule has 0 bridgehead atoms. The summed E-state index contributed by atoms with van der Waals surface area (Å²) in [5, 5.41) is 6.89. The Morgan fingerprint density at radius 3 is 2.65 bits per heavy atom. The van der Waals surface area contributed by atoms with Crippen LogP contribution >= 0.6 is 0 Å². The van der Waals surface area contributed by atoms with E-state index >= 15 is 4.39 Å². The van der Waals surface area contributed by atoms with E-state index in [4.69, 9.17) is 4.74 Å². The second-order valence-electron chi connectivity index (χ2n) is 9.21. The number of hydrogen-bond acceptors (Lipinski definition) is 8. The zero-order valence-electron chi connectivity index (χ0n) is 20.4. The van der Waals surface area contributed by atoms with E-state index < -0.39 is 5.82 Å². The topological polar surface area (TPSA) is 111 Å². The second-order valence-corrected chi connectivity index (χ2v) is 9.21. The number of piperazine rings is 1. The van der Waals surface area contributed by atoms with Crippen molar-refractivity contribution >= 4 is 34.1 Å². The van der Waals surface area contributed by atoms with Crippen molar-refractivity contribution in [2.75, 3.05) is 49.5 Å². The van der Waals surface area contributed by atoms with Gasteiger partial charge in [-0.1, -0.05) is 0 Å². The van der Waals surface area contributed by atoms with Crippen LogP contribution in [0.5, 0.6) is 11.6 Å². The van der Waals surface area contributed by atoms with Crippen LogP contribution in [0.3, 0.4) is 0 Å². The lowest BCUT2D eigenvalue weighted by molar-refractivity contribution is 0.0649. The van der Waals surface area contributed by atoms with Crippen LogP contribution in [0.25, 0.3) is 10.9 Å². The number of amides is 1. The van der Waals surface area contributed by atoms with E-state index in [-0.39, 0.29) is 28.9 Å². The summed E-state index contributed by atoms with van der Waals surface area (Å²) >= 11 is 0. The summed E-state index contributed by atoms with van der Waals surface area (Å²) in [6.45, 7) is 6.82. The maximum atomic E-state index is 15.3. The number of aromatic nitrogens is 4. The van der Waals surface area contributed by atoms with E-state index in [0.717, 1.165) is 44.0 Å². The van der Waals surface area contributed by atoms with Crippen LogP contribution in [0.2, 0.25) is 0 Å². The zero-order valence-corrected chi connectivity index (χ0v) is 20.4. The quantitative estimate of drug-likeness (QED) is 0.367. The first-order valence-electron chi connectivity index (χ1n) is 12.4. The van der Waals surface area contributed by atoms with Crippen molar-refractivity contribution in [3.8, 4) is 11.6 Å². The van der Waals surface area contributed by atoms with Crippen LogP contribution in [-0.2, 0) is 0 Å². The maximum absolute atomic E-state index is 15.3. The van der Waals surface area contributed by atoms with Crippen molar-refractivity contribution in [2.24, 2.45) is 0 Å². The highest BCUT2D eigenvalue weighted by molar-refractivity contribution is 6.02. The number of pyridine rings is 1. The minimum Gasteiger partial charge on any atom is -0.435 e. The molecule has 1 aromatic carbocycles. The van der Waals surface area contributed by atoms with Crippen LogP contribution in [0, 0.1) is 12.7 Å². The van der Waals surface area contributed by atoms with Crippen molar-refractivity contribution in [1.29, 1.82) is 0 Å². The normalized spacial score (nSPS) is 15.5. The largest absolute Gasteiger partial charge is 0.435 e. The van der Waals surface area contributed by atoms with E-state index in [2.05, 4.69) is 35.5 Å². The van der Waals surface area contributed by atoms with Gasteiger partial charge in [0.2, 0.25) is 5.88 Å². The van der Waals surface area contributed by atoms with Crippen LogP contribution in [-0.4, -0.2) is 70.0 Å². The Balaban J connectivity index is 1.32. The Morgan fingerprint density at radius 2 is 1.92 bits per heavy atom. The maximum Gasteiger partial charge on any atom is 0.263 e. The lowest BCUT2D eigenvalue weighted by Crippen LogP contribution is -2.43. The average Bonchev–Trinajstić information content (AvgIpc) is 3.27. The molecule has 4 aromatic rings. The fourth-order valence-electron chi connectivity index (χ4n) is 4.57. The highest BCUT2D eigenvalue weighted by Crippen LogP contribution is 2.34. The third-order valence-electron chi connectivity index (χ3n) is 6.69. The van der Waals surface area contributed by atoms with Gasteiger partial charge in [-0.15, -0.1) is 0 Å². The third-order valence-corrected chi connectivity index (χ3v) is 6.69. The van der Waals surface area contributed by atoms with Crippen LogP contribution in [0.1, 0.15) is 22.5 Å². The average molecular weight is 503 g/mol. The van der Waals surface area contributed by atoms with Gasteiger partial charge in [0.1, 0.15) is 17.7 Å². The molecule has 2 aliphatic rings. The van der Waals surface area contributed by atoms with Gasteiger partial charge in [0.25, 0.3) is 5.91 Å². The number of carbonyl (C=O) groups is 1. The van der Waals surface area contributed by atoms with Crippen molar-refractivity contribution < 1.29 is 13.9 Å². The molecule has 6 rings (SSSR count). The number of halogens is 1. The fraction of sp³-hybridized carbons (Fsp3) is 0.308. The van der Waals surface area contributed by atoms with Crippen molar-refractivity contribution in [1.82, 2.24) is 30.2 Å². The summed E-state index contributed by atoms with van der Waals surface area (Å²) in [6.07, 6.45) is 4.01. The first-order valence-corrected chi connectivity index (χ1v) is 12.4. The van der Waals surface area contributed by atoms with Crippen molar-refractivity contribution in [3.63, 3.8) is 0 Å². The Hall–Kier alpha value is -4.25. The molecule has 2 aliphatic heterocycles. The number of benzene rings is 1. The van der Waals surface area contributed by atoms with E-state index in [1.54, 1.807) is 23.2 Å². The van der Waals surface area contributed by atoms with E-state index in [0.29, 0.717) is 29.8 Å². The molecule has 2 saturated heterocycles. The summed E-state index contributed by atoms with van der Waals surface area (Å²) in [6, 6.07) is 8.81. The Labute approximate surface area is 212 Å². The van der Waals surface area contributed by atoms with Gasteiger partial charge in [0.15, 0.2) is 17.4 Å². The molecular formula is C26H27FN8O2. The van der Waals surface area contributed by atoms with Gasteiger partial charge in [-0.25, -0.2) is 19.3 Å². The minimum atomic E-state index is -0.525. The van der Waals surface area contributed by atoms with Crippen molar-refractivity contribution in [2.45, 2.75) is 13.3 Å². The molecule has 190 valence electrons. The second kappa shape index (κ2) is 9.66. The highest BCUT2D eigenvalue weighted by Gasteiger charge is 2.30. The summed E-state index contributed by atoms with van der Waals surface area (Å²) < 4.78 is 21.2. The number of aryl methyl sites for hydroxylation is 1. The van der Waals surface area contributed by atoms with E-state index in [1.165, 1.54) is 12.4 Å².